The summed E-state index contributed by atoms with van der Waals surface area (Å²) in [6.45, 7) is 2.84. The fourth-order valence-corrected chi connectivity index (χ4v) is 2.63. The van der Waals surface area contributed by atoms with E-state index in [9.17, 15) is 0 Å². The summed E-state index contributed by atoms with van der Waals surface area (Å²) in [6, 6.07) is 4.50. The van der Waals surface area contributed by atoms with Gasteiger partial charge in [0.15, 0.2) is 5.76 Å². The lowest BCUT2D eigenvalue weighted by Crippen LogP contribution is -2.25. The Morgan fingerprint density at radius 3 is 3.00 bits per heavy atom. The molecule has 0 aliphatic heterocycles. The van der Waals surface area contributed by atoms with Crippen LogP contribution < -0.4 is 5.32 Å². The summed E-state index contributed by atoms with van der Waals surface area (Å²) >= 11 is 0. The number of furan rings is 1. The number of imidazole rings is 1. The Morgan fingerprint density at radius 2 is 2.28 bits per heavy atom. The molecule has 0 aromatic carbocycles. The van der Waals surface area contributed by atoms with Gasteiger partial charge in [-0.05, 0) is 31.9 Å². The second kappa shape index (κ2) is 4.98. The fourth-order valence-electron chi connectivity index (χ4n) is 2.63. The first kappa shape index (κ1) is 11.5. The van der Waals surface area contributed by atoms with Crippen molar-refractivity contribution in [3.8, 4) is 11.5 Å². The number of H-pyrrole nitrogens is 1. The molecule has 4 nitrogen and oxygen atoms in total. The maximum absolute atomic E-state index is 5.39. The standard InChI is InChI=1S/C14H19N3O/c1-10-14(12-7-4-8-18-12)17-13(16-10)9-15-11-5-2-3-6-11/h4,7-8,11,15H,2-3,5-6,9H2,1H3,(H,16,17). The second-order valence-corrected chi connectivity index (χ2v) is 5.00. The molecule has 2 N–H and O–H groups in total. The Morgan fingerprint density at radius 1 is 1.44 bits per heavy atom. The van der Waals surface area contributed by atoms with Gasteiger partial charge in [0.2, 0.25) is 0 Å². The number of hydrogen-bond acceptors (Lipinski definition) is 3. The van der Waals surface area contributed by atoms with E-state index in [4.69, 9.17) is 4.42 Å². The van der Waals surface area contributed by atoms with Crippen LogP contribution in [0, 0.1) is 6.92 Å². The van der Waals surface area contributed by atoms with Crippen LogP contribution in [0.4, 0.5) is 0 Å². The van der Waals surface area contributed by atoms with Crippen LogP contribution in [-0.4, -0.2) is 16.0 Å². The van der Waals surface area contributed by atoms with E-state index in [1.165, 1.54) is 25.7 Å². The number of aromatic amines is 1. The molecule has 96 valence electrons. The molecular weight excluding hydrogens is 226 g/mol. The average Bonchev–Trinajstić information content (AvgIpc) is 3.08. The van der Waals surface area contributed by atoms with Gasteiger partial charge in [-0.15, -0.1) is 0 Å². The number of nitrogens with one attached hydrogen (secondary N) is 2. The first-order chi connectivity index (χ1) is 8.83. The summed E-state index contributed by atoms with van der Waals surface area (Å²) in [5.41, 5.74) is 1.98. The molecule has 18 heavy (non-hydrogen) atoms. The van der Waals surface area contributed by atoms with E-state index < -0.39 is 0 Å². The zero-order valence-corrected chi connectivity index (χ0v) is 10.7. The molecule has 0 atom stereocenters. The van der Waals surface area contributed by atoms with Crippen molar-refractivity contribution in [1.29, 1.82) is 0 Å². The van der Waals surface area contributed by atoms with Crippen molar-refractivity contribution in [2.45, 2.75) is 45.2 Å². The van der Waals surface area contributed by atoms with E-state index in [1.54, 1.807) is 6.26 Å². The first-order valence-electron chi connectivity index (χ1n) is 6.65. The van der Waals surface area contributed by atoms with Crippen molar-refractivity contribution in [2.24, 2.45) is 0 Å². The Labute approximate surface area is 107 Å². The quantitative estimate of drug-likeness (QED) is 0.870. The van der Waals surface area contributed by atoms with E-state index in [0.29, 0.717) is 6.04 Å². The fraction of sp³-hybridized carbons (Fsp3) is 0.500. The van der Waals surface area contributed by atoms with E-state index in [1.807, 2.05) is 19.1 Å². The predicted molar refractivity (Wildman–Crippen MR) is 70.1 cm³/mol. The summed E-state index contributed by atoms with van der Waals surface area (Å²) < 4.78 is 5.39. The molecule has 1 saturated carbocycles. The highest BCUT2D eigenvalue weighted by molar-refractivity contribution is 5.55. The monoisotopic (exact) mass is 245 g/mol. The van der Waals surface area contributed by atoms with Gasteiger partial charge in [0, 0.05) is 11.7 Å². The number of nitrogens with zero attached hydrogens (tertiary/aromatic N) is 1. The van der Waals surface area contributed by atoms with Crippen LogP contribution >= 0.6 is 0 Å². The number of aryl methyl sites for hydroxylation is 1. The molecule has 0 bridgehead atoms. The van der Waals surface area contributed by atoms with Crippen molar-refractivity contribution in [3.05, 3.63) is 29.9 Å². The minimum atomic E-state index is 0.669. The lowest BCUT2D eigenvalue weighted by Gasteiger charge is -2.09. The van der Waals surface area contributed by atoms with Crippen molar-refractivity contribution in [3.63, 3.8) is 0 Å². The molecule has 1 aliphatic carbocycles. The Hall–Kier alpha value is -1.55. The van der Waals surface area contributed by atoms with Gasteiger partial charge in [-0.3, -0.25) is 0 Å². The van der Waals surface area contributed by atoms with E-state index in [2.05, 4.69) is 15.3 Å². The van der Waals surface area contributed by atoms with Crippen LogP contribution in [-0.2, 0) is 6.54 Å². The summed E-state index contributed by atoms with van der Waals surface area (Å²) in [6.07, 6.45) is 6.98. The molecule has 2 aromatic rings. The normalized spacial score (nSPS) is 16.5. The minimum Gasteiger partial charge on any atom is -0.463 e. The van der Waals surface area contributed by atoms with Crippen LogP contribution in [0.25, 0.3) is 11.5 Å². The maximum atomic E-state index is 5.39. The largest absolute Gasteiger partial charge is 0.463 e. The zero-order valence-electron chi connectivity index (χ0n) is 10.7. The summed E-state index contributed by atoms with van der Waals surface area (Å²) in [4.78, 5) is 7.92. The molecule has 0 radical (unpaired) electrons. The number of rotatable bonds is 4. The minimum absolute atomic E-state index is 0.669. The van der Waals surface area contributed by atoms with Gasteiger partial charge < -0.3 is 14.7 Å². The molecule has 2 heterocycles. The molecule has 4 heteroatoms. The highest BCUT2D eigenvalue weighted by Crippen LogP contribution is 2.22. The topological polar surface area (TPSA) is 53.9 Å². The molecule has 0 saturated heterocycles. The summed E-state index contributed by atoms with van der Waals surface area (Å²) in [7, 11) is 0. The molecule has 1 fully saturated rings. The highest BCUT2D eigenvalue weighted by atomic mass is 16.3. The van der Waals surface area contributed by atoms with Gasteiger partial charge in [-0.2, -0.15) is 0 Å². The van der Waals surface area contributed by atoms with Crippen molar-refractivity contribution in [1.82, 2.24) is 15.3 Å². The third-order valence-corrected chi connectivity index (χ3v) is 3.60. The molecule has 0 unspecified atom stereocenters. The molecule has 1 aliphatic rings. The average molecular weight is 245 g/mol. The molecular formula is C14H19N3O. The smallest absolute Gasteiger partial charge is 0.154 e. The SMILES string of the molecule is Cc1[nH]c(CNC2CCCC2)nc1-c1ccco1. The third kappa shape index (κ3) is 2.34. The van der Waals surface area contributed by atoms with E-state index in [0.717, 1.165) is 29.5 Å². The number of aromatic nitrogens is 2. The van der Waals surface area contributed by atoms with Crippen LogP contribution in [0.5, 0.6) is 0 Å². The van der Waals surface area contributed by atoms with Crippen molar-refractivity contribution < 1.29 is 4.42 Å². The van der Waals surface area contributed by atoms with Gasteiger partial charge >= 0.3 is 0 Å². The zero-order chi connectivity index (χ0) is 12.4. The van der Waals surface area contributed by atoms with Gasteiger partial charge in [0.25, 0.3) is 0 Å². The summed E-state index contributed by atoms with van der Waals surface area (Å²) in [5.74, 6) is 1.82. The molecule has 0 spiro atoms. The van der Waals surface area contributed by atoms with Crippen LogP contribution in [0.3, 0.4) is 0 Å². The molecule has 0 amide bonds. The Bertz CT molecular complexity index is 495. The van der Waals surface area contributed by atoms with Crippen LogP contribution in [0.2, 0.25) is 0 Å². The second-order valence-electron chi connectivity index (χ2n) is 5.00. The predicted octanol–water partition coefficient (Wildman–Crippen LogP) is 3.01. The Kier molecular flexibility index (Phi) is 3.19. The van der Waals surface area contributed by atoms with Crippen LogP contribution in [0.1, 0.15) is 37.2 Å². The van der Waals surface area contributed by atoms with E-state index in [-0.39, 0.29) is 0 Å². The van der Waals surface area contributed by atoms with Crippen molar-refractivity contribution in [2.75, 3.05) is 0 Å². The third-order valence-electron chi connectivity index (χ3n) is 3.60. The van der Waals surface area contributed by atoms with Crippen molar-refractivity contribution >= 4 is 0 Å². The summed E-state index contributed by atoms with van der Waals surface area (Å²) in [5, 5.41) is 3.56. The maximum Gasteiger partial charge on any atom is 0.154 e. The van der Waals surface area contributed by atoms with Gasteiger partial charge in [0.05, 0.1) is 12.8 Å². The number of hydrogen-bond donors (Lipinski definition) is 2. The lowest BCUT2D eigenvalue weighted by atomic mass is 10.2. The van der Waals surface area contributed by atoms with Gasteiger partial charge in [0.1, 0.15) is 11.5 Å². The lowest BCUT2D eigenvalue weighted by molar-refractivity contribution is 0.515. The first-order valence-corrected chi connectivity index (χ1v) is 6.65. The Balaban J connectivity index is 1.68. The van der Waals surface area contributed by atoms with E-state index >= 15 is 0 Å². The van der Waals surface area contributed by atoms with Crippen LogP contribution in [0.15, 0.2) is 22.8 Å². The van der Waals surface area contributed by atoms with Gasteiger partial charge in [-0.25, -0.2) is 4.98 Å². The molecule has 3 rings (SSSR count). The highest BCUT2D eigenvalue weighted by Gasteiger charge is 2.16. The van der Waals surface area contributed by atoms with Gasteiger partial charge in [-0.1, -0.05) is 12.8 Å². The molecule has 2 aromatic heterocycles.